The molecular weight excluding hydrogens is 290 g/mol. The van der Waals surface area contributed by atoms with Crippen molar-refractivity contribution in [3.05, 3.63) is 29.5 Å². The zero-order chi connectivity index (χ0) is 16.2. The summed E-state index contributed by atoms with van der Waals surface area (Å²) in [5, 5.41) is 17.6. The smallest absolute Gasteiger partial charge is 0.150 e. The lowest BCUT2D eigenvalue weighted by molar-refractivity contribution is -0.0366. The average molecular weight is 311 g/mol. The quantitative estimate of drug-likeness (QED) is 0.399. The Balaban J connectivity index is 2.07. The SMILES string of the molecule is CC(C)C#Cc1cc2cnn(C3CCCCO3)c2cc1C=NO. The predicted octanol–water partition coefficient (Wildman–Crippen LogP) is 3.55. The minimum Gasteiger partial charge on any atom is -0.411 e. The molecule has 5 heteroatoms. The van der Waals surface area contributed by atoms with Gasteiger partial charge in [0.05, 0.1) is 17.9 Å². The average Bonchev–Trinajstić information content (AvgIpc) is 2.96. The first kappa shape index (κ1) is 15.6. The van der Waals surface area contributed by atoms with Crippen molar-refractivity contribution in [3.8, 4) is 11.8 Å². The monoisotopic (exact) mass is 311 g/mol. The third kappa shape index (κ3) is 3.38. The number of benzene rings is 1. The van der Waals surface area contributed by atoms with E-state index in [1.54, 1.807) is 0 Å². The molecule has 0 saturated carbocycles. The second-order valence-corrected chi connectivity index (χ2v) is 6.08. The summed E-state index contributed by atoms with van der Waals surface area (Å²) < 4.78 is 7.75. The van der Waals surface area contributed by atoms with Crippen molar-refractivity contribution in [2.45, 2.75) is 39.3 Å². The molecule has 0 amide bonds. The van der Waals surface area contributed by atoms with E-state index in [9.17, 15) is 0 Å². The molecule has 1 unspecified atom stereocenters. The Hall–Kier alpha value is -2.32. The van der Waals surface area contributed by atoms with E-state index in [1.807, 2.05) is 36.9 Å². The van der Waals surface area contributed by atoms with E-state index in [0.29, 0.717) is 0 Å². The van der Waals surface area contributed by atoms with E-state index in [1.165, 1.54) is 6.21 Å². The van der Waals surface area contributed by atoms with Crippen LogP contribution in [0.5, 0.6) is 0 Å². The summed E-state index contributed by atoms with van der Waals surface area (Å²) in [6.45, 7) is 4.86. The van der Waals surface area contributed by atoms with Crippen LogP contribution in [0.25, 0.3) is 10.9 Å². The minimum absolute atomic E-state index is 0.0206. The van der Waals surface area contributed by atoms with Crippen LogP contribution in [0.15, 0.2) is 23.5 Å². The van der Waals surface area contributed by atoms with Gasteiger partial charge in [0.25, 0.3) is 0 Å². The highest BCUT2D eigenvalue weighted by Gasteiger charge is 2.19. The van der Waals surface area contributed by atoms with Gasteiger partial charge in [-0.2, -0.15) is 5.10 Å². The molecule has 23 heavy (non-hydrogen) atoms. The lowest BCUT2D eigenvalue weighted by atomic mass is 10.0. The normalized spacial score (nSPS) is 18.5. The first-order chi connectivity index (χ1) is 11.2. The molecule has 2 heterocycles. The summed E-state index contributed by atoms with van der Waals surface area (Å²) in [6.07, 6.45) is 6.46. The molecule has 0 radical (unpaired) electrons. The van der Waals surface area contributed by atoms with Crippen LogP contribution in [-0.4, -0.2) is 27.8 Å². The lowest BCUT2D eigenvalue weighted by Crippen LogP contribution is -2.19. The van der Waals surface area contributed by atoms with Crippen molar-refractivity contribution in [2.24, 2.45) is 11.1 Å². The van der Waals surface area contributed by atoms with Gasteiger partial charge in [-0.1, -0.05) is 30.8 Å². The Morgan fingerprint density at radius 3 is 3.00 bits per heavy atom. The molecule has 0 spiro atoms. The molecule has 1 aliphatic heterocycles. The second-order valence-electron chi connectivity index (χ2n) is 6.08. The molecule has 0 bridgehead atoms. The second kappa shape index (κ2) is 6.84. The van der Waals surface area contributed by atoms with Crippen molar-refractivity contribution in [3.63, 3.8) is 0 Å². The maximum absolute atomic E-state index is 8.94. The number of hydrogen-bond donors (Lipinski definition) is 1. The van der Waals surface area contributed by atoms with Crippen LogP contribution in [-0.2, 0) is 4.74 Å². The van der Waals surface area contributed by atoms with Crippen molar-refractivity contribution >= 4 is 17.1 Å². The van der Waals surface area contributed by atoms with Crippen LogP contribution in [0.3, 0.4) is 0 Å². The first-order valence-electron chi connectivity index (χ1n) is 8.01. The van der Waals surface area contributed by atoms with Crippen LogP contribution < -0.4 is 0 Å². The Labute approximate surface area is 135 Å². The van der Waals surface area contributed by atoms with Gasteiger partial charge >= 0.3 is 0 Å². The molecule has 120 valence electrons. The fourth-order valence-corrected chi connectivity index (χ4v) is 2.76. The number of fused-ring (bicyclic) bond motifs is 1. The largest absolute Gasteiger partial charge is 0.411 e. The minimum atomic E-state index is -0.0206. The van der Waals surface area contributed by atoms with Gasteiger partial charge < -0.3 is 9.94 Å². The van der Waals surface area contributed by atoms with Crippen molar-refractivity contribution in [2.75, 3.05) is 6.61 Å². The van der Waals surface area contributed by atoms with Crippen LogP contribution in [0.1, 0.15) is 50.5 Å². The van der Waals surface area contributed by atoms with Gasteiger partial charge in [-0.15, -0.1) is 0 Å². The van der Waals surface area contributed by atoms with E-state index < -0.39 is 0 Å². The van der Waals surface area contributed by atoms with Gasteiger partial charge in [0.2, 0.25) is 0 Å². The van der Waals surface area contributed by atoms with E-state index in [-0.39, 0.29) is 12.1 Å². The summed E-state index contributed by atoms with van der Waals surface area (Å²) in [5.41, 5.74) is 2.60. The zero-order valence-corrected chi connectivity index (χ0v) is 13.5. The van der Waals surface area contributed by atoms with E-state index in [0.717, 1.165) is 47.9 Å². The number of rotatable bonds is 2. The standard InChI is InChI=1S/C18H21N3O2/c1-13(2)6-7-14-9-16-11-19-21(18-5-3-4-8-23-18)17(16)10-15(14)12-20-22/h9-13,18,22H,3-5,8H2,1-2H3. The lowest BCUT2D eigenvalue weighted by Gasteiger charge is -2.23. The molecule has 1 atom stereocenters. The van der Waals surface area contributed by atoms with E-state index >= 15 is 0 Å². The Morgan fingerprint density at radius 2 is 2.30 bits per heavy atom. The van der Waals surface area contributed by atoms with Crippen molar-refractivity contribution in [1.82, 2.24) is 9.78 Å². The summed E-state index contributed by atoms with van der Waals surface area (Å²) in [5.74, 6) is 6.59. The van der Waals surface area contributed by atoms with Gasteiger partial charge in [-0.25, -0.2) is 4.68 Å². The molecule has 1 saturated heterocycles. The van der Waals surface area contributed by atoms with Gasteiger partial charge in [0, 0.05) is 29.0 Å². The molecule has 1 aromatic carbocycles. The highest BCUT2D eigenvalue weighted by Crippen LogP contribution is 2.27. The highest BCUT2D eigenvalue weighted by atomic mass is 16.5. The highest BCUT2D eigenvalue weighted by molar-refractivity contribution is 5.92. The Kier molecular flexibility index (Phi) is 4.63. The van der Waals surface area contributed by atoms with Crippen LogP contribution >= 0.6 is 0 Å². The number of oxime groups is 1. The van der Waals surface area contributed by atoms with Gasteiger partial charge in [-0.3, -0.25) is 0 Å². The fraction of sp³-hybridized carbons (Fsp3) is 0.444. The fourth-order valence-electron chi connectivity index (χ4n) is 2.76. The van der Waals surface area contributed by atoms with Crippen LogP contribution in [0.4, 0.5) is 0 Å². The van der Waals surface area contributed by atoms with Gasteiger partial charge in [0.15, 0.2) is 6.23 Å². The molecule has 3 rings (SSSR count). The van der Waals surface area contributed by atoms with Crippen molar-refractivity contribution in [1.29, 1.82) is 0 Å². The Bertz CT molecular complexity index is 775. The van der Waals surface area contributed by atoms with E-state index in [4.69, 9.17) is 9.94 Å². The molecule has 2 aromatic rings. The number of hydrogen-bond acceptors (Lipinski definition) is 4. The number of nitrogens with zero attached hydrogens (tertiary/aromatic N) is 3. The first-order valence-corrected chi connectivity index (χ1v) is 8.01. The molecule has 1 N–H and O–H groups in total. The maximum Gasteiger partial charge on any atom is 0.150 e. The zero-order valence-electron chi connectivity index (χ0n) is 13.5. The summed E-state index contributed by atoms with van der Waals surface area (Å²) in [7, 11) is 0. The van der Waals surface area contributed by atoms with E-state index in [2.05, 4.69) is 22.1 Å². The molecule has 1 aliphatic rings. The molecule has 1 aromatic heterocycles. The van der Waals surface area contributed by atoms with Gasteiger partial charge in [-0.05, 0) is 31.4 Å². The summed E-state index contributed by atoms with van der Waals surface area (Å²) >= 11 is 0. The number of aromatic nitrogens is 2. The van der Waals surface area contributed by atoms with Gasteiger partial charge in [0.1, 0.15) is 0 Å². The maximum atomic E-state index is 8.94. The molecular formula is C18H21N3O2. The molecule has 1 fully saturated rings. The topological polar surface area (TPSA) is 59.6 Å². The summed E-state index contributed by atoms with van der Waals surface area (Å²) in [6, 6.07) is 3.96. The van der Waals surface area contributed by atoms with Crippen molar-refractivity contribution < 1.29 is 9.94 Å². The third-order valence-electron chi connectivity index (χ3n) is 3.89. The summed E-state index contributed by atoms with van der Waals surface area (Å²) in [4.78, 5) is 0. The third-order valence-corrected chi connectivity index (χ3v) is 3.89. The Morgan fingerprint density at radius 1 is 1.43 bits per heavy atom. The predicted molar refractivity (Wildman–Crippen MR) is 89.7 cm³/mol. The van der Waals surface area contributed by atoms with Crippen LogP contribution in [0, 0.1) is 17.8 Å². The number of ether oxygens (including phenoxy) is 1. The van der Waals surface area contributed by atoms with Crippen LogP contribution in [0.2, 0.25) is 0 Å². The molecule has 0 aliphatic carbocycles. The molecule has 5 nitrogen and oxygen atoms in total.